The minimum absolute atomic E-state index is 0.292. The fourth-order valence-corrected chi connectivity index (χ4v) is 2.59. The van der Waals surface area contributed by atoms with Gasteiger partial charge in [-0.3, -0.25) is 0 Å². The van der Waals surface area contributed by atoms with E-state index in [0.717, 1.165) is 30.8 Å². The normalized spacial score (nSPS) is 12.4. The van der Waals surface area contributed by atoms with Crippen LogP contribution >= 0.6 is 0 Å². The van der Waals surface area contributed by atoms with Crippen LogP contribution in [0.1, 0.15) is 47.5 Å². The predicted molar refractivity (Wildman–Crippen MR) is 87.4 cm³/mol. The number of nitrogens with zero attached hydrogens (tertiary/aromatic N) is 2. The number of aryl methyl sites for hydroxylation is 3. The largest absolute Gasteiger partial charge is 0.310 e. The number of hydrogen-bond acceptors (Lipinski definition) is 3. The van der Waals surface area contributed by atoms with E-state index in [-0.39, 0.29) is 0 Å². The van der Waals surface area contributed by atoms with Crippen LogP contribution in [0.2, 0.25) is 0 Å². The van der Waals surface area contributed by atoms with Crippen molar-refractivity contribution in [2.45, 2.75) is 46.6 Å². The summed E-state index contributed by atoms with van der Waals surface area (Å²) in [7, 11) is 0. The second kappa shape index (κ2) is 7.32. The van der Waals surface area contributed by atoms with Gasteiger partial charge in [0.2, 0.25) is 0 Å². The number of nitrogens with one attached hydrogen (secondary N) is 1. The fraction of sp³-hybridized carbons (Fsp3) is 0.444. The van der Waals surface area contributed by atoms with Gasteiger partial charge in [-0.25, -0.2) is 0 Å². The van der Waals surface area contributed by atoms with Crippen LogP contribution in [0.15, 0.2) is 30.3 Å². The molecule has 21 heavy (non-hydrogen) atoms. The van der Waals surface area contributed by atoms with Gasteiger partial charge in [-0.1, -0.05) is 31.2 Å². The first-order valence-corrected chi connectivity index (χ1v) is 7.70. The Hall–Kier alpha value is -1.74. The van der Waals surface area contributed by atoms with Crippen LogP contribution in [0.4, 0.5) is 0 Å². The Labute approximate surface area is 127 Å². The second-order valence-corrected chi connectivity index (χ2v) is 5.66. The number of rotatable bonds is 6. The van der Waals surface area contributed by atoms with Gasteiger partial charge >= 0.3 is 0 Å². The van der Waals surface area contributed by atoms with E-state index in [2.05, 4.69) is 59.7 Å². The maximum atomic E-state index is 4.28. The van der Waals surface area contributed by atoms with Gasteiger partial charge in [0, 0.05) is 6.04 Å². The van der Waals surface area contributed by atoms with Crippen LogP contribution in [0, 0.1) is 20.8 Å². The summed E-state index contributed by atoms with van der Waals surface area (Å²) in [6.07, 6.45) is 2.11. The summed E-state index contributed by atoms with van der Waals surface area (Å²) in [6.45, 7) is 9.42. The lowest BCUT2D eigenvalue weighted by Gasteiger charge is -2.21. The Morgan fingerprint density at radius 2 is 1.86 bits per heavy atom. The second-order valence-electron chi connectivity index (χ2n) is 5.66. The van der Waals surface area contributed by atoms with Crippen molar-refractivity contribution in [3.05, 3.63) is 58.4 Å². The van der Waals surface area contributed by atoms with E-state index in [9.17, 15) is 0 Å². The van der Waals surface area contributed by atoms with Gasteiger partial charge in [0.1, 0.15) is 0 Å². The van der Waals surface area contributed by atoms with Gasteiger partial charge in [-0.2, -0.15) is 10.2 Å². The van der Waals surface area contributed by atoms with Crippen LogP contribution in [0.5, 0.6) is 0 Å². The van der Waals surface area contributed by atoms with E-state index in [1.54, 1.807) is 0 Å². The highest BCUT2D eigenvalue weighted by atomic mass is 15.1. The average Bonchev–Trinajstić information content (AvgIpc) is 2.48. The maximum Gasteiger partial charge on any atom is 0.0648 e. The third-order valence-corrected chi connectivity index (χ3v) is 3.84. The molecule has 0 amide bonds. The molecule has 112 valence electrons. The molecule has 1 aromatic heterocycles. The van der Waals surface area contributed by atoms with Crippen molar-refractivity contribution in [1.82, 2.24) is 15.5 Å². The van der Waals surface area contributed by atoms with Crippen LogP contribution in [-0.4, -0.2) is 16.7 Å². The van der Waals surface area contributed by atoms with E-state index >= 15 is 0 Å². The topological polar surface area (TPSA) is 37.8 Å². The molecule has 1 heterocycles. The lowest BCUT2D eigenvalue weighted by atomic mass is 9.95. The minimum Gasteiger partial charge on any atom is -0.310 e. The Morgan fingerprint density at radius 3 is 2.57 bits per heavy atom. The highest BCUT2D eigenvalue weighted by Crippen LogP contribution is 2.22. The minimum atomic E-state index is 0.292. The molecule has 0 saturated heterocycles. The van der Waals surface area contributed by atoms with E-state index in [1.807, 2.05) is 13.8 Å². The zero-order valence-corrected chi connectivity index (χ0v) is 13.5. The fourth-order valence-electron chi connectivity index (χ4n) is 2.59. The summed E-state index contributed by atoms with van der Waals surface area (Å²) in [5, 5.41) is 12.1. The first-order chi connectivity index (χ1) is 10.1. The summed E-state index contributed by atoms with van der Waals surface area (Å²) in [5.74, 6) is 0. The van der Waals surface area contributed by atoms with E-state index in [0.29, 0.717) is 6.04 Å². The lowest BCUT2D eigenvalue weighted by molar-refractivity contribution is 0.522. The molecule has 2 rings (SSSR count). The van der Waals surface area contributed by atoms with E-state index in [4.69, 9.17) is 0 Å². The molecule has 1 unspecified atom stereocenters. The molecule has 0 saturated carbocycles. The monoisotopic (exact) mass is 283 g/mol. The van der Waals surface area contributed by atoms with Crippen LogP contribution in [-0.2, 0) is 6.42 Å². The molecule has 0 bridgehead atoms. The Kier molecular flexibility index (Phi) is 5.45. The summed E-state index contributed by atoms with van der Waals surface area (Å²) < 4.78 is 0. The zero-order chi connectivity index (χ0) is 15.2. The molecule has 0 aliphatic rings. The molecule has 3 nitrogen and oxygen atoms in total. The summed E-state index contributed by atoms with van der Waals surface area (Å²) >= 11 is 0. The smallest absolute Gasteiger partial charge is 0.0648 e. The molecule has 1 atom stereocenters. The van der Waals surface area contributed by atoms with Crippen LogP contribution in [0.3, 0.4) is 0 Å². The average molecular weight is 283 g/mol. The SMILES string of the molecule is CCCNC(Cc1ccccc1C)c1cc(C)nnc1C. The molecular weight excluding hydrogens is 258 g/mol. The third kappa shape index (κ3) is 4.11. The van der Waals surface area contributed by atoms with Gasteiger partial charge in [0.25, 0.3) is 0 Å². The quantitative estimate of drug-likeness (QED) is 0.878. The Bertz CT molecular complexity index is 593. The molecule has 0 radical (unpaired) electrons. The number of benzene rings is 1. The third-order valence-electron chi connectivity index (χ3n) is 3.84. The molecule has 3 heteroatoms. The van der Waals surface area contributed by atoms with Crippen molar-refractivity contribution < 1.29 is 0 Å². The van der Waals surface area contributed by atoms with Gasteiger partial charge in [0.15, 0.2) is 0 Å². The van der Waals surface area contributed by atoms with Crippen molar-refractivity contribution in [2.24, 2.45) is 0 Å². The van der Waals surface area contributed by atoms with Crippen molar-refractivity contribution in [3.63, 3.8) is 0 Å². The molecule has 0 fully saturated rings. The van der Waals surface area contributed by atoms with Crippen LogP contribution in [0.25, 0.3) is 0 Å². The first kappa shape index (κ1) is 15.6. The molecule has 1 aromatic carbocycles. The standard InChI is InChI=1S/C18H25N3/c1-5-10-19-18(12-16-9-7-6-8-13(16)2)17-11-14(3)20-21-15(17)4/h6-9,11,18-19H,5,10,12H2,1-4H3. The zero-order valence-electron chi connectivity index (χ0n) is 13.5. The molecule has 2 aromatic rings. The number of hydrogen-bond donors (Lipinski definition) is 1. The Morgan fingerprint density at radius 1 is 1.10 bits per heavy atom. The van der Waals surface area contributed by atoms with Gasteiger partial charge in [0.05, 0.1) is 11.4 Å². The van der Waals surface area contributed by atoms with Crippen molar-refractivity contribution in [1.29, 1.82) is 0 Å². The van der Waals surface area contributed by atoms with Crippen LogP contribution < -0.4 is 5.32 Å². The van der Waals surface area contributed by atoms with E-state index in [1.165, 1.54) is 16.7 Å². The Balaban J connectivity index is 2.30. The van der Waals surface area contributed by atoms with Gasteiger partial charge in [-0.15, -0.1) is 0 Å². The van der Waals surface area contributed by atoms with Crippen molar-refractivity contribution in [2.75, 3.05) is 6.54 Å². The van der Waals surface area contributed by atoms with Crippen molar-refractivity contribution in [3.8, 4) is 0 Å². The molecule has 1 N–H and O–H groups in total. The molecule has 0 aliphatic heterocycles. The van der Waals surface area contributed by atoms with Gasteiger partial charge < -0.3 is 5.32 Å². The predicted octanol–water partition coefficient (Wildman–Crippen LogP) is 3.69. The summed E-state index contributed by atoms with van der Waals surface area (Å²) in [4.78, 5) is 0. The molecular formula is C18H25N3. The number of aromatic nitrogens is 2. The van der Waals surface area contributed by atoms with Crippen molar-refractivity contribution >= 4 is 0 Å². The summed E-state index contributed by atoms with van der Waals surface area (Å²) in [6, 6.07) is 11.1. The first-order valence-electron chi connectivity index (χ1n) is 7.70. The van der Waals surface area contributed by atoms with Gasteiger partial charge in [-0.05, 0) is 62.9 Å². The van der Waals surface area contributed by atoms with E-state index < -0.39 is 0 Å². The molecule has 0 aliphatic carbocycles. The summed E-state index contributed by atoms with van der Waals surface area (Å²) in [5.41, 5.74) is 5.99. The molecule has 0 spiro atoms. The highest BCUT2D eigenvalue weighted by Gasteiger charge is 2.16. The highest BCUT2D eigenvalue weighted by molar-refractivity contribution is 5.30. The maximum absolute atomic E-state index is 4.28. The lowest BCUT2D eigenvalue weighted by Crippen LogP contribution is -2.25.